The van der Waals surface area contributed by atoms with Gasteiger partial charge < -0.3 is 14.8 Å². The molecule has 0 aliphatic heterocycles. The number of aromatic nitrogens is 1. The highest BCUT2D eigenvalue weighted by atomic mass is 32.1. The number of hydrogen-bond donors (Lipinski definition) is 1. The maximum atomic E-state index is 11.0. The van der Waals surface area contributed by atoms with E-state index in [4.69, 9.17) is 4.74 Å². The van der Waals surface area contributed by atoms with E-state index in [1.807, 2.05) is 5.38 Å². The molecule has 0 atom stereocenters. The van der Waals surface area contributed by atoms with E-state index in [0.717, 1.165) is 23.8 Å². The lowest BCUT2D eigenvalue weighted by atomic mass is 10.2. The molecule has 0 aromatic carbocycles. The average molecular weight is 258 g/mol. The standard InChI is InChI=1S/C11H18N2O3S/c1-15-6-5-12-7-10-13-9(8-17-10)3-4-11(14)16-2/h8,12H,3-7H2,1-2H3. The van der Waals surface area contributed by atoms with Gasteiger partial charge in [0.1, 0.15) is 5.01 Å². The number of thiazole rings is 1. The molecule has 0 bridgehead atoms. The van der Waals surface area contributed by atoms with E-state index in [1.54, 1.807) is 18.4 Å². The van der Waals surface area contributed by atoms with Gasteiger partial charge in [-0.05, 0) is 0 Å². The van der Waals surface area contributed by atoms with Gasteiger partial charge in [-0.15, -0.1) is 11.3 Å². The van der Waals surface area contributed by atoms with Gasteiger partial charge in [0.2, 0.25) is 0 Å². The zero-order valence-electron chi connectivity index (χ0n) is 10.2. The molecular formula is C11H18N2O3S. The maximum Gasteiger partial charge on any atom is 0.305 e. The van der Waals surface area contributed by atoms with Crippen molar-refractivity contribution in [3.05, 3.63) is 16.1 Å². The van der Waals surface area contributed by atoms with Crippen LogP contribution in [0.15, 0.2) is 5.38 Å². The van der Waals surface area contributed by atoms with Gasteiger partial charge in [-0.3, -0.25) is 4.79 Å². The first-order valence-corrected chi connectivity index (χ1v) is 6.34. The molecule has 5 nitrogen and oxygen atoms in total. The summed E-state index contributed by atoms with van der Waals surface area (Å²) in [5.74, 6) is -0.197. The molecule has 1 rings (SSSR count). The third-order valence-electron chi connectivity index (χ3n) is 2.17. The van der Waals surface area contributed by atoms with Crippen molar-refractivity contribution in [3.63, 3.8) is 0 Å². The fourth-order valence-electron chi connectivity index (χ4n) is 1.25. The smallest absolute Gasteiger partial charge is 0.305 e. The second-order valence-corrected chi connectivity index (χ2v) is 4.42. The third kappa shape index (κ3) is 5.76. The van der Waals surface area contributed by atoms with Crippen molar-refractivity contribution >= 4 is 17.3 Å². The lowest BCUT2D eigenvalue weighted by molar-refractivity contribution is -0.140. The van der Waals surface area contributed by atoms with Gasteiger partial charge >= 0.3 is 5.97 Å². The van der Waals surface area contributed by atoms with Gasteiger partial charge in [-0.25, -0.2) is 4.98 Å². The molecule has 1 aromatic rings. The van der Waals surface area contributed by atoms with Gasteiger partial charge in [0.05, 0.1) is 25.8 Å². The highest BCUT2D eigenvalue weighted by molar-refractivity contribution is 7.09. The SMILES string of the molecule is COCCNCc1nc(CCC(=O)OC)cs1. The third-order valence-corrected chi connectivity index (χ3v) is 3.07. The Balaban J connectivity index is 2.25. The minimum absolute atomic E-state index is 0.197. The monoisotopic (exact) mass is 258 g/mol. The van der Waals surface area contributed by atoms with E-state index >= 15 is 0 Å². The number of hydrogen-bond acceptors (Lipinski definition) is 6. The summed E-state index contributed by atoms with van der Waals surface area (Å²) in [6.07, 6.45) is 1.03. The first-order chi connectivity index (χ1) is 8.26. The van der Waals surface area contributed by atoms with Crippen LogP contribution in [0.2, 0.25) is 0 Å². The summed E-state index contributed by atoms with van der Waals surface area (Å²) in [6, 6.07) is 0. The van der Waals surface area contributed by atoms with Crippen molar-refractivity contribution in [2.75, 3.05) is 27.4 Å². The molecule has 1 heterocycles. The highest BCUT2D eigenvalue weighted by Gasteiger charge is 2.05. The minimum atomic E-state index is -0.197. The molecule has 0 fully saturated rings. The van der Waals surface area contributed by atoms with E-state index < -0.39 is 0 Å². The second-order valence-electron chi connectivity index (χ2n) is 3.48. The summed E-state index contributed by atoms with van der Waals surface area (Å²) >= 11 is 1.60. The Kier molecular flexibility index (Phi) is 6.76. The molecule has 0 radical (unpaired) electrons. The number of carbonyl (C=O) groups is 1. The molecular weight excluding hydrogens is 240 g/mol. The van der Waals surface area contributed by atoms with Crippen LogP contribution in [0.4, 0.5) is 0 Å². The summed E-state index contributed by atoms with van der Waals surface area (Å²) in [5.41, 5.74) is 0.948. The fraction of sp³-hybridized carbons (Fsp3) is 0.636. The van der Waals surface area contributed by atoms with Crippen LogP contribution in [0.5, 0.6) is 0 Å². The fourth-order valence-corrected chi connectivity index (χ4v) is 2.04. The summed E-state index contributed by atoms with van der Waals surface area (Å²) in [4.78, 5) is 15.4. The molecule has 0 saturated heterocycles. The van der Waals surface area contributed by atoms with Crippen LogP contribution in [0.25, 0.3) is 0 Å². The molecule has 0 spiro atoms. The van der Waals surface area contributed by atoms with Crippen molar-refractivity contribution in [2.24, 2.45) is 0 Å². The predicted molar refractivity (Wildman–Crippen MR) is 66.0 cm³/mol. The molecule has 0 aliphatic carbocycles. The predicted octanol–water partition coefficient (Wildman–Crippen LogP) is 0.985. The summed E-state index contributed by atoms with van der Waals surface area (Å²) in [6.45, 7) is 2.25. The maximum absolute atomic E-state index is 11.0. The Morgan fingerprint density at radius 1 is 1.53 bits per heavy atom. The summed E-state index contributed by atoms with van der Waals surface area (Å²) in [7, 11) is 3.07. The van der Waals surface area contributed by atoms with Crippen molar-refractivity contribution in [1.82, 2.24) is 10.3 Å². The van der Waals surface area contributed by atoms with E-state index in [1.165, 1.54) is 7.11 Å². The molecule has 0 amide bonds. The number of aryl methyl sites for hydroxylation is 1. The quantitative estimate of drug-likeness (QED) is 0.556. The van der Waals surface area contributed by atoms with Crippen molar-refractivity contribution < 1.29 is 14.3 Å². The van der Waals surface area contributed by atoms with Gasteiger partial charge in [0, 0.05) is 32.0 Å². The largest absolute Gasteiger partial charge is 0.469 e. The number of nitrogens with one attached hydrogen (secondary N) is 1. The number of carbonyl (C=O) groups excluding carboxylic acids is 1. The molecule has 17 heavy (non-hydrogen) atoms. The number of nitrogens with zero attached hydrogens (tertiary/aromatic N) is 1. The lowest BCUT2D eigenvalue weighted by Gasteiger charge is -2.00. The molecule has 0 aliphatic rings. The van der Waals surface area contributed by atoms with Crippen LogP contribution in [-0.2, 0) is 27.2 Å². The Labute approximate surface area is 105 Å². The van der Waals surface area contributed by atoms with Gasteiger partial charge in [0.25, 0.3) is 0 Å². The topological polar surface area (TPSA) is 60.5 Å². The summed E-state index contributed by atoms with van der Waals surface area (Å²) < 4.78 is 9.51. The number of ether oxygens (including phenoxy) is 2. The van der Waals surface area contributed by atoms with Crippen molar-refractivity contribution in [2.45, 2.75) is 19.4 Å². The van der Waals surface area contributed by atoms with E-state index in [0.29, 0.717) is 19.4 Å². The van der Waals surface area contributed by atoms with Gasteiger partial charge in [-0.2, -0.15) is 0 Å². The first-order valence-electron chi connectivity index (χ1n) is 5.46. The van der Waals surface area contributed by atoms with Gasteiger partial charge in [0.15, 0.2) is 0 Å². The van der Waals surface area contributed by atoms with Crippen LogP contribution >= 0.6 is 11.3 Å². The van der Waals surface area contributed by atoms with Crippen molar-refractivity contribution in [3.8, 4) is 0 Å². The van der Waals surface area contributed by atoms with Crippen LogP contribution in [0.1, 0.15) is 17.1 Å². The number of rotatable bonds is 8. The molecule has 1 aromatic heterocycles. The van der Waals surface area contributed by atoms with Gasteiger partial charge in [-0.1, -0.05) is 0 Å². The molecule has 1 N–H and O–H groups in total. The molecule has 96 valence electrons. The summed E-state index contributed by atoms with van der Waals surface area (Å²) in [5, 5.41) is 6.23. The lowest BCUT2D eigenvalue weighted by Crippen LogP contribution is -2.18. The number of esters is 1. The van der Waals surface area contributed by atoms with Crippen LogP contribution in [-0.4, -0.2) is 38.3 Å². The normalized spacial score (nSPS) is 10.5. The molecule has 6 heteroatoms. The van der Waals surface area contributed by atoms with E-state index in [-0.39, 0.29) is 5.97 Å². The second kappa shape index (κ2) is 8.16. The zero-order valence-corrected chi connectivity index (χ0v) is 11.0. The average Bonchev–Trinajstić information content (AvgIpc) is 2.79. The Morgan fingerprint density at radius 3 is 3.06 bits per heavy atom. The highest BCUT2D eigenvalue weighted by Crippen LogP contribution is 2.11. The van der Waals surface area contributed by atoms with E-state index in [9.17, 15) is 4.79 Å². The molecule has 0 saturated carbocycles. The van der Waals surface area contributed by atoms with Crippen molar-refractivity contribution in [1.29, 1.82) is 0 Å². The van der Waals surface area contributed by atoms with E-state index in [2.05, 4.69) is 15.0 Å². The Hall–Kier alpha value is -0.980. The number of methoxy groups -OCH3 is 2. The minimum Gasteiger partial charge on any atom is -0.469 e. The Bertz CT molecular complexity index is 341. The van der Waals surface area contributed by atoms with Crippen LogP contribution in [0, 0.1) is 0 Å². The molecule has 0 unspecified atom stereocenters. The Morgan fingerprint density at radius 2 is 2.35 bits per heavy atom. The van der Waals surface area contributed by atoms with Crippen LogP contribution in [0.3, 0.4) is 0 Å². The first kappa shape index (κ1) is 14.1. The zero-order chi connectivity index (χ0) is 12.5. The van der Waals surface area contributed by atoms with Crippen LogP contribution < -0.4 is 5.32 Å².